The summed E-state index contributed by atoms with van der Waals surface area (Å²) < 4.78 is 1.04. The van der Waals surface area contributed by atoms with E-state index < -0.39 is 10.9 Å². The quantitative estimate of drug-likeness (QED) is 0.526. The molecule has 0 atom stereocenters. The van der Waals surface area contributed by atoms with E-state index in [9.17, 15) is 14.9 Å². The Morgan fingerprint density at radius 3 is 2.85 bits per heavy atom. The molecular formula is C6H7N3O4. The van der Waals surface area contributed by atoms with Gasteiger partial charge in [-0.05, 0) is 4.92 Å². The zero-order valence-electron chi connectivity index (χ0n) is 6.80. The van der Waals surface area contributed by atoms with Gasteiger partial charge in [0.15, 0.2) is 0 Å². The molecule has 1 N–H and O–H groups in total. The van der Waals surface area contributed by atoms with Gasteiger partial charge in [0.25, 0.3) is 0 Å². The lowest BCUT2D eigenvalue weighted by Crippen LogP contribution is -2.01. The number of carboxylic acids is 1. The van der Waals surface area contributed by atoms with E-state index in [1.54, 1.807) is 0 Å². The first-order valence-corrected chi connectivity index (χ1v) is 3.40. The Morgan fingerprint density at radius 1 is 1.85 bits per heavy atom. The van der Waals surface area contributed by atoms with Crippen LogP contribution in [0.5, 0.6) is 0 Å². The second-order valence-corrected chi connectivity index (χ2v) is 2.45. The average Bonchev–Trinajstić information content (AvgIpc) is 2.29. The van der Waals surface area contributed by atoms with E-state index in [0.29, 0.717) is 0 Å². The standard InChI is InChI=1S/C6H7N3O4/c1-8-5(9(12)13)2-4(7-8)3-6(10)11/h2H,3H2,1H3,(H,10,11). The van der Waals surface area contributed by atoms with E-state index in [-0.39, 0.29) is 17.9 Å². The second-order valence-electron chi connectivity index (χ2n) is 2.45. The molecule has 0 aliphatic rings. The number of hydrogen-bond donors (Lipinski definition) is 1. The van der Waals surface area contributed by atoms with Crippen molar-refractivity contribution in [2.24, 2.45) is 7.05 Å². The molecule has 0 amide bonds. The van der Waals surface area contributed by atoms with Gasteiger partial charge in [0.05, 0.1) is 12.5 Å². The summed E-state index contributed by atoms with van der Waals surface area (Å²) in [5.41, 5.74) is 0.182. The molecule has 0 aliphatic carbocycles. The van der Waals surface area contributed by atoms with Crippen molar-refractivity contribution in [2.75, 3.05) is 0 Å². The lowest BCUT2D eigenvalue weighted by molar-refractivity contribution is -0.392. The van der Waals surface area contributed by atoms with Crippen molar-refractivity contribution < 1.29 is 14.8 Å². The first-order valence-electron chi connectivity index (χ1n) is 3.40. The first-order chi connectivity index (χ1) is 6.00. The van der Waals surface area contributed by atoms with E-state index in [0.717, 1.165) is 10.7 Å². The van der Waals surface area contributed by atoms with Crippen LogP contribution < -0.4 is 0 Å². The fourth-order valence-corrected chi connectivity index (χ4v) is 0.927. The van der Waals surface area contributed by atoms with E-state index in [4.69, 9.17) is 5.11 Å². The van der Waals surface area contributed by atoms with Crippen LogP contribution in [0.1, 0.15) is 5.69 Å². The number of aryl methyl sites for hydroxylation is 1. The molecule has 1 heterocycles. The number of nitro groups is 1. The minimum absolute atomic E-state index is 0.182. The van der Waals surface area contributed by atoms with Crippen LogP contribution in [-0.2, 0) is 18.3 Å². The molecule has 1 aromatic heterocycles. The predicted molar refractivity (Wildman–Crippen MR) is 41.2 cm³/mol. The summed E-state index contributed by atoms with van der Waals surface area (Å²) in [5, 5.41) is 22.4. The van der Waals surface area contributed by atoms with Crippen molar-refractivity contribution >= 4 is 11.8 Å². The summed E-state index contributed by atoms with van der Waals surface area (Å²) in [6, 6.07) is 1.15. The molecule has 1 rings (SSSR count). The zero-order valence-corrected chi connectivity index (χ0v) is 6.80. The van der Waals surface area contributed by atoms with Crippen molar-refractivity contribution in [3.05, 3.63) is 21.9 Å². The maximum atomic E-state index is 10.3. The van der Waals surface area contributed by atoms with Gasteiger partial charge in [-0.25, -0.2) is 0 Å². The third kappa shape index (κ3) is 2.01. The van der Waals surface area contributed by atoms with Crippen LogP contribution in [-0.4, -0.2) is 25.8 Å². The fourth-order valence-electron chi connectivity index (χ4n) is 0.927. The maximum Gasteiger partial charge on any atom is 0.344 e. The molecule has 0 spiro atoms. The third-order valence-electron chi connectivity index (χ3n) is 1.43. The number of carboxylic acid groups (broad SMARTS) is 1. The van der Waals surface area contributed by atoms with Gasteiger partial charge in [-0.1, -0.05) is 5.10 Å². The van der Waals surface area contributed by atoms with Gasteiger partial charge in [0.1, 0.15) is 12.7 Å². The average molecular weight is 185 g/mol. The van der Waals surface area contributed by atoms with Crippen LogP contribution >= 0.6 is 0 Å². The van der Waals surface area contributed by atoms with Crippen LogP contribution in [0.2, 0.25) is 0 Å². The molecule has 0 unspecified atom stereocenters. The molecule has 0 aliphatic heterocycles. The summed E-state index contributed by atoms with van der Waals surface area (Å²) in [5.74, 6) is -1.27. The lowest BCUT2D eigenvalue weighted by Gasteiger charge is -1.89. The molecule has 70 valence electrons. The van der Waals surface area contributed by atoms with Gasteiger partial charge in [-0.3, -0.25) is 4.79 Å². The summed E-state index contributed by atoms with van der Waals surface area (Å²) in [6.45, 7) is 0. The van der Waals surface area contributed by atoms with Crippen LogP contribution in [0.15, 0.2) is 6.07 Å². The highest BCUT2D eigenvalue weighted by molar-refractivity contribution is 5.69. The summed E-state index contributed by atoms with van der Waals surface area (Å²) in [7, 11) is 1.39. The Hall–Kier alpha value is -1.92. The molecule has 7 nitrogen and oxygen atoms in total. The van der Waals surface area contributed by atoms with Gasteiger partial charge in [0.2, 0.25) is 0 Å². The van der Waals surface area contributed by atoms with E-state index in [1.165, 1.54) is 7.05 Å². The third-order valence-corrected chi connectivity index (χ3v) is 1.43. The Bertz CT molecular complexity index is 357. The highest BCUT2D eigenvalue weighted by Gasteiger charge is 2.16. The van der Waals surface area contributed by atoms with Crippen molar-refractivity contribution in [3.63, 3.8) is 0 Å². The number of aromatic nitrogens is 2. The number of carbonyl (C=O) groups is 1. The van der Waals surface area contributed by atoms with E-state index in [1.807, 2.05) is 0 Å². The second kappa shape index (κ2) is 3.21. The predicted octanol–water partition coefficient (Wildman–Crippen LogP) is -0.0446. The molecule has 7 heteroatoms. The normalized spacial score (nSPS) is 9.92. The van der Waals surface area contributed by atoms with Gasteiger partial charge in [-0.15, -0.1) is 4.68 Å². The maximum absolute atomic E-state index is 10.3. The number of nitrogens with zero attached hydrogens (tertiary/aromatic N) is 3. The van der Waals surface area contributed by atoms with Crippen molar-refractivity contribution in [3.8, 4) is 0 Å². The molecule has 13 heavy (non-hydrogen) atoms. The topological polar surface area (TPSA) is 98.3 Å². The van der Waals surface area contributed by atoms with Crippen molar-refractivity contribution in [1.29, 1.82) is 0 Å². The van der Waals surface area contributed by atoms with Gasteiger partial charge in [0, 0.05) is 0 Å². The molecular weight excluding hydrogens is 178 g/mol. The van der Waals surface area contributed by atoms with Crippen LogP contribution in [0.3, 0.4) is 0 Å². The van der Waals surface area contributed by atoms with Crippen molar-refractivity contribution in [2.45, 2.75) is 6.42 Å². The van der Waals surface area contributed by atoms with Gasteiger partial charge < -0.3 is 15.2 Å². The first kappa shape index (κ1) is 9.17. The smallest absolute Gasteiger partial charge is 0.344 e. The molecule has 0 bridgehead atoms. The van der Waals surface area contributed by atoms with E-state index >= 15 is 0 Å². The number of aliphatic carboxylic acids is 1. The highest BCUT2D eigenvalue weighted by atomic mass is 16.6. The van der Waals surface area contributed by atoms with Crippen LogP contribution in [0.4, 0.5) is 5.82 Å². The Morgan fingerprint density at radius 2 is 2.46 bits per heavy atom. The summed E-state index contributed by atoms with van der Waals surface area (Å²) in [6.07, 6.45) is -0.304. The largest absolute Gasteiger partial charge is 0.481 e. The van der Waals surface area contributed by atoms with Crippen LogP contribution in [0, 0.1) is 10.1 Å². The highest BCUT2D eigenvalue weighted by Crippen LogP contribution is 2.11. The zero-order chi connectivity index (χ0) is 10.0. The molecule has 0 fully saturated rings. The molecule has 1 aromatic rings. The molecule has 0 aromatic carbocycles. The Kier molecular flexibility index (Phi) is 2.27. The SMILES string of the molecule is Cn1nc(CC(=O)O)cc1[N+](=O)[O-]. The minimum Gasteiger partial charge on any atom is -0.481 e. The van der Waals surface area contributed by atoms with Gasteiger partial charge in [-0.2, -0.15) is 0 Å². The Labute approximate surface area is 72.7 Å². The lowest BCUT2D eigenvalue weighted by atomic mass is 10.3. The molecule has 0 saturated carbocycles. The number of hydrogen-bond acceptors (Lipinski definition) is 4. The summed E-state index contributed by atoms with van der Waals surface area (Å²) in [4.78, 5) is 19.9. The Balaban J connectivity index is 2.95. The molecule has 0 radical (unpaired) electrons. The minimum atomic E-state index is -1.06. The van der Waals surface area contributed by atoms with E-state index in [2.05, 4.69) is 5.10 Å². The number of rotatable bonds is 3. The fraction of sp³-hybridized carbons (Fsp3) is 0.333. The molecule has 0 saturated heterocycles. The monoisotopic (exact) mass is 185 g/mol. The van der Waals surface area contributed by atoms with Gasteiger partial charge >= 0.3 is 11.8 Å². The van der Waals surface area contributed by atoms with Crippen LogP contribution in [0.25, 0.3) is 0 Å². The van der Waals surface area contributed by atoms with Crippen molar-refractivity contribution in [1.82, 2.24) is 9.78 Å². The summed E-state index contributed by atoms with van der Waals surface area (Å²) >= 11 is 0.